The molecule has 6 heteroatoms. The smallest absolute Gasteiger partial charge is 0.108 e. The third-order valence-corrected chi connectivity index (χ3v) is 5.52. The van der Waals surface area contributed by atoms with Crippen LogP contribution in [0, 0.1) is 0 Å². The fourth-order valence-corrected chi connectivity index (χ4v) is 4.86. The Kier molecular flexibility index (Phi) is 3.68. The summed E-state index contributed by atoms with van der Waals surface area (Å²) in [5.74, 6) is 0. The molecule has 0 nitrogen and oxygen atoms in total. The van der Waals surface area contributed by atoms with Crippen molar-refractivity contribution < 1.29 is 0 Å². The van der Waals surface area contributed by atoms with E-state index in [1.807, 2.05) is 18.2 Å². The molecule has 2 rings (SSSR count). The van der Waals surface area contributed by atoms with Gasteiger partial charge in [0, 0.05) is 4.90 Å². The number of hydrogen-bond donors (Lipinski definition) is 0. The zero-order chi connectivity index (χ0) is 10.1. The van der Waals surface area contributed by atoms with Crippen LogP contribution < -0.4 is 0 Å². The molecule has 0 aromatic carbocycles. The number of halogens is 3. The van der Waals surface area contributed by atoms with Crippen LogP contribution in [0.5, 0.6) is 0 Å². The van der Waals surface area contributed by atoms with Gasteiger partial charge in [-0.1, -0.05) is 46.6 Å². The van der Waals surface area contributed by atoms with Crippen molar-refractivity contribution in [3.63, 3.8) is 0 Å². The van der Waals surface area contributed by atoms with E-state index >= 15 is 0 Å². The number of thiophene rings is 2. The van der Waals surface area contributed by atoms with E-state index in [1.165, 1.54) is 22.7 Å². The molecule has 2 aromatic heterocycles. The number of hydrogen-bond acceptors (Lipinski definition) is 3. The molecule has 14 heavy (non-hydrogen) atoms. The molecule has 0 saturated heterocycles. The van der Waals surface area contributed by atoms with Gasteiger partial charge < -0.3 is 0 Å². The summed E-state index contributed by atoms with van der Waals surface area (Å²) in [6.45, 7) is 0. The molecule has 0 aliphatic carbocycles. The van der Waals surface area contributed by atoms with Crippen molar-refractivity contribution in [1.82, 2.24) is 0 Å². The highest BCUT2D eigenvalue weighted by Gasteiger charge is 2.08. The fourth-order valence-electron chi connectivity index (χ4n) is 0.856. The Bertz CT molecular complexity index is 446. The van der Waals surface area contributed by atoms with Crippen LogP contribution in [-0.4, -0.2) is 0 Å². The van der Waals surface area contributed by atoms with Crippen molar-refractivity contribution in [3.8, 4) is 0 Å². The van der Waals surface area contributed by atoms with E-state index in [0.717, 1.165) is 17.8 Å². The van der Waals surface area contributed by atoms with Crippen molar-refractivity contribution in [1.29, 1.82) is 0 Å². The van der Waals surface area contributed by atoms with Gasteiger partial charge in [0.2, 0.25) is 0 Å². The largest absolute Gasteiger partial charge is 0.117 e. The van der Waals surface area contributed by atoms with E-state index in [9.17, 15) is 0 Å². The van der Waals surface area contributed by atoms with Crippen LogP contribution in [0.1, 0.15) is 0 Å². The first-order valence-electron chi connectivity index (χ1n) is 3.53. The molecule has 0 N–H and O–H groups in total. The molecule has 74 valence electrons. The minimum atomic E-state index is 0.708. The van der Waals surface area contributed by atoms with E-state index in [1.54, 1.807) is 11.8 Å². The summed E-state index contributed by atoms with van der Waals surface area (Å²) in [6, 6.07) is 5.71. The van der Waals surface area contributed by atoms with Crippen molar-refractivity contribution in [3.05, 3.63) is 31.2 Å². The highest BCUT2D eigenvalue weighted by Crippen LogP contribution is 2.43. The number of rotatable bonds is 2. The topological polar surface area (TPSA) is 0 Å². The second-order valence-electron chi connectivity index (χ2n) is 2.35. The summed E-state index contributed by atoms with van der Waals surface area (Å²) < 4.78 is 3.33. The first-order chi connectivity index (χ1) is 6.65. The van der Waals surface area contributed by atoms with E-state index in [-0.39, 0.29) is 0 Å². The normalized spacial score (nSPS) is 10.8. The maximum absolute atomic E-state index is 5.99. The van der Waals surface area contributed by atoms with Gasteiger partial charge in [0.05, 0.1) is 12.9 Å². The molecule has 0 fully saturated rings. The minimum absolute atomic E-state index is 0.708. The van der Waals surface area contributed by atoms with E-state index < -0.39 is 0 Å². The van der Waals surface area contributed by atoms with Gasteiger partial charge in [-0.05, 0) is 18.2 Å². The Morgan fingerprint density at radius 2 is 1.79 bits per heavy atom. The van der Waals surface area contributed by atoms with Gasteiger partial charge in [0.15, 0.2) is 0 Å². The molecule has 2 heterocycles. The summed E-state index contributed by atoms with van der Waals surface area (Å²) in [5, 5.41) is 0. The van der Waals surface area contributed by atoms with Gasteiger partial charge in [0.1, 0.15) is 4.34 Å². The third-order valence-electron chi connectivity index (χ3n) is 1.38. The molecule has 0 saturated carbocycles. The van der Waals surface area contributed by atoms with Crippen molar-refractivity contribution in [2.24, 2.45) is 0 Å². The highest BCUT2D eigenvalue weighted by atomic mass is 35.5. The standard InChI is InChI=1S/C8H3Cl3S3/c9-5-1-2-7(13-5)12-4-3-6(10)14-8(4)11/h1-3H. The Morgan fingerprint density at radius 1 is 1.00 bits per heavy atom. The van der Waals surface area contributed by atoms with Crippen molar-refractivity contribution in [2.45, 2.75) is 9.10 Å². The van der Waals surface area contributed by atoms with Crippen LogP contribution >= 0.6 is 69.2 Å². The Morgan fingerprint density at radius 3 is 2.29 bits per heavy atom. The van der Waals surface area contributed by atoms with Crippen molar-refractivity contribution in [2.75, 3.05) is 0 Å². The summed E-state index contributed by atoms with van der Waals surface area (Å²) in [6.07, 6.45) is 0. The van der Waals surface area contributed by atoms with Gasteiger partial charge in [0.25, 0.3) is 0 Å². The molecular formula is C8H3Cl3S3. The molecule has 0 aliphatic rings. The molecular weight excluding hydrogens is 299 g/mol. The minimum Gasteiger partial charge on any atom is -0.117 e. The van der Waals surface area contributed by atoms with Crippen LogP contribution in [-0.2, 0) is 0 Å². The third kappa shape index (κ3) is 2.60. The second-order valence-corrected chi connectivity index (χ2v) is 7.69. The van der Waals surface area contributed by atoms with Crippen LogP contribution in [0.15, 0.2) is 27.3 Å². The molecule has 0 unspecified atom stereocenters. The average Bonchev–Trinajstić information content (AvgIpc) is 2.61. The second kappa shape index (κ2) is 4.64. The maximum Gasteiger partial charge on any atom is 0.108 e. The lowest BCUT2D eigenvalue weighted by Crippen LogP contribution is -1.61. The van der Waals surface area contributed by atoms with Crippen LogP contribution in [0.25, 0.3) is 0 Å². The molecule has 0 radical (unpaired) electrons. The zero-order valence-corrected chi connectivity index (χ0v) is 11.3. The van der Waals surface area contributed by atoms with Gasteiger partial charge in [-0.15, -0.1) is 22.7 Å². The lowest BCUT2D eigenvalue weighted by atomic mass is 10.7. The summed E-state index contributed by atoms with van der Waals surface area (Å²) in [5.41, 5.74) is 0. The molecule has 0 amide bonds. The SMILES string of the molecule is Clc1ccc(Sc2cc(Cl)sc2Cl)s1. The lowest BCUT2D eigenvalue weighted by molar-refractivity contribution is 1.57. The average molecular weight is 302 g/mol. The molecule has 0 spiro atoms. The van der Waals surface area contributed by atoms with Gasteiger partial charge in [-0.25, -0.2) is 0 Å². The van der Waals surface area contributed by atoms with Gasteiger partial charge >= 0.3 is 0 Å². The summed E-state index contributed by atoms with van der Waals surface area (Å²) in [7, 11) is 0. The van der Waals surface area contributed by atoms with E-state index in [2.05, 4.69) is 0 Å². The van der Waals surface area contributed by atoms with E-state index in [0.29, 0.717) is 4.34 Å². The maximum atomic E-state index is 5.99. The van der Waals surface area contributed by atoms with Crippen LogP contribution in [0.4, 0.5) is 0 Å². The van der Waals surface area contributed by atoms with Gasteiger partial charge in [-0.3, -0.25) is 0 Å². The predicted octanol–water partition coefficient (Wildman–Crippen LogP) is 5.92. The molecule has 0 aliphatic heterocycles. The zero-order valence-electron chi connectivity index (χ0n) is 6.59. The van der Waals surface area contributed by atoms with Gasteiger partial charge in [-0.2, -0.15) is 0 Å². The van der Waals surface area contributed by atoms with Crippen LogP contribution in [0.3, 0.4) is 0 Å². The molecule has 0 bridgehead atoms. The fraction of sp³-hybridized carbons (Fsp3) is 0. The Hall–Kier alpha value is 0.620. The van der Waals surface area contributed by atoms with Crippen LogP contribution in [0.2, 0.25) is 13.0 Å². The predicted molar refractivity (Wildman–Crippen MR) is 67.8 cm³/mol. The first-order valence-corrected chi connectivity index (χ1v) is 7.11. The first kappa shape index (κ1) is 11.1. The quantitative estimate of drug-likeness (QED) is 0.663. The molecule has 0 atom stereocenters. The monoisotopic (exact) mass is 300 g/mol. The van der Waals surface area contributed by atoms with E-state index in [4.69, 9.17) is 34.8 Å². The Labute approximate surface area is 109 Å². The summed E-state index contributed by atoms with van der Waals surface area (Å²) >= 11 is 22.1. The lowest BCUT2D eigenvalue weighted by Gasteiger charge is -1.93. The molecule has 2 aromatic rings. The Balaban J connectivity index is 2.22. The summed E-state index contributed by atoms with van der Waals surface area (Å²) in [4.78, 5) is 0.986. The van der Waals surface area contributed by atoms with Crippen molar-refractivity contribution >= 4 is 69.2 Å². The highest BCUT2D eigenvalue weighted by molar-refractivity contribution is 8.01.